The lowest BCUT2D eigenvalue weighted by Crippen LogP contribution is -2.53. The van der Waals surface area contributed by atoms with Crippen LogP contribution in [0.3, 0.4) is 0 Å². The maximum Gasteiger partial charge on any atom is 0.326 e. The summed E-state index contributed by atoms with van der Waals surface area (Å²) < 4.78 is 0. The quantitative estimate of drug-likeness (QED) is 0.755. The molecule has 1 aromatic heterocycles. The summed E-state index contributed by atoms with van der Waals surface area (Å²) in [5.74, 6) is -0.543. The second-order valence-corrected chi connectivity index (χ2v) is 6.75. The van der Waals surface area contributed by atoms with Gasteiger partial charge in [-0.25, -0.2) is 4.79 Å². The Morgan fingerprint density at radius 2 is 2.00 bits per heavy atom. The fourth-order valence-electron chi connectivity index (χ4n) is 3.24. The summed E-state index contributed by atoms with van der Waals surface area (Å²) in [6, 6.07) is 10.9. The molecule has 1 aliphatic heterocycles. The van der Waals surface area contributed by atoms with Crippen LogP contribution in [0.15, 0.2) is 46.0 Å². The number of carbonyl (C=O) groups excluding carboxylic acids is 1. The molecule has 3 N–H and O–H groups in total. The minimum Gasteiger partial charge on any atom is -0.390 e. The van der Waals surface area contributed by atoms with Crippen LogP contribution in [0.1, 0.15) is 29.4 Å². The van der Waals surface area contributed by atoms with Crippen molar-refractivity contribution in [2.45, 2.75) is 25.4 Å². The number of aromatic nitrogens is 2. The van der Waals surface area contributed by atoms with Crippen LogP contribution in [0.25, 0.3) is 0 Å². The Kier molecular flexibility index (Phi) is 4.59. The fraction of sp³-hybridized carbons (Fsp3) is 0.389. The van der Waals surface area contributed by atoms with E-state index in [4.69, 9.17) is 0 Å². The minimum absolute atomic E-state index is 0.0336. The van der Waals surface area contributed by atoms with E-state index in [0.717, 1.165) is 11.6 Å². The number of hydrogen-bond acceptors (Lipinski definition) is 4. The molecule has 1 aliphatic rings. The summed E-state index contributed by atoms with van der Waals surface area (Å²) in [5, 5.41) is 10.7. The summed E-state index contributed by atoms with van der Waals surface area (Å²) in [7, 11) is 0. The summed E-state index contributed by atoms with van der Waals surface area (Å²) >= 11 is 0. The van der Waals surface area contributed by atoms with E-state index in [0.29, 0.717) is 25.9 Å². The maximum atomic E-state index is 12.6. The van der Waals surface area contributed by atoms with Crippen LogP contribution in [0.2, 0.25) is 0 Å². The number of likely N-dealkylation sites (tertiary alicyclic amines) is 1. The van der Waals surface area contributed by atoms with Crippen molar-refractivity contribution in [3.63, 3.8) is 0 Å². The lowest BCUT2D eigenvalue weighted by Gasteiger charge is -2.42. The van der Waals surface area contributed by atoms with E-state index in [9.17, 15) is 19.5 Å². The van der Waals surface area contributed by atoms with Crippen LogP contribution in [-0.4, -0.2) is 44.6 Å². The number of piperidine rings is 1. The van der Waals surface area contributed by atoms with Gasteiger partial charge in [0, 0.05) is 25.1 Å². The first-order valence-electron chi connectivity index (χ1n) is 8.24. The molecule has 7 nitrogen and oxygen atoms in total. The zero-order chi connectivity index (χ0) is 18.0. The van der Waals surface area contributed by atoms with Crippen molar-refractivity contribution in [2.75, 3.05) is 13.1 Å². The topological polar surface area (TPSA) is 106 Å². The number of nitrogens with one attached hydrogen (secondary N) is 2. The molecule has 2 heterocycles. The molecule has 1 fully saturated rings. The number of benzene rings is 1. The first-order valence-corrected chi connectivity index (χ1v) is 8.24. The average molecular weight is 343 g/mol. The van der Waals surface area contributed by atoms with E-state index in [1.54, 1.807) is 11.8 Å². The van der Waals surface area contributed by atoms with Crippen LogP contribution >= 0.6 is 0 Å². The smallest absolute Gasteiger partial charge is 0.326 e. The van der Waals surface area contributed by atoms with Gasteiger partial charge in [-0.15, -0.1) is 0 Å². The van der Waals surface area contributed by atoms with E-state index in [1.165, 1.54) is 0 Å². The van der Waals surface area contributed by atoms with Gasteiger partial charge in [-0.3, -0.25) is 14.6 Å². The predicted octanol–water partition coefficient (Wildman–Crippen LogP) is 0.519. The lowest BCUT2D eigenvalue weighted by atomic mass is 9.78. The third kappa shape index (κ3) is 3.88. The van der Waals surface area contributed by atoms with Crippen molar-refractivity contribution in [1.82, 2.24) is 14.9 Å². The Morgan fingerprint density at radius 3 is 2.68 bits per heavy atom. The van der Waals surface area contributed by atoms with Gasteiger partial charge >= 0.3 is 5.69 Å². The number of carbonyl (C=O) groups is 1. The molecule has 1 aromatic carbocycles. The van der Waals surface area contributed by atoms with E-state index < -0.39 is 22.8 Å². The first kappa shape index (κ1) is 17.2. The van der Waals surface area contributed by atoms with Gasteiger partial charge in [0.05, 0.1) is 5.60 Å². The van der Waals surface area contributed by atoms with E-state index in [2.05, 4.69) is 4.98 Å². The van der Waals surface area contributed by atoms with Crippen LogP contribution in [0.5, 0.6) is 0 Å². The van der Waals surface area contributed by atoms with Crippen LogP contribution in [0, 0.1) is 5.92 Å². The monoisotopic (exact) mass is 343 g/mol. The number of hydrogen-bond donors (Lipinski definition) is 3. The highest BCUT2D eigenvalue weighted by molar-refractivity contribution is 5.92. The van der Waals surface area contributed by atoms with Crippen molar-refractivity contribution in [1.29, 1.82) is 0 Å². The molecule has 1 amide bonds. The largest absolute Gasteiger partial charge is 0.390 e. The van der Waals surface area contributed by atoms with Crippen LogP contribution < -0.4 is 11.2 Å². The summed E-state index contributed by atoms with van der Waals surface area (Å²) in [4.78, 5) is 41.4. The van der Waals surface area contributed by atoms with Crippen LogP contribution in [-0.2, 0) is 6.42 Å². The molecule has 0 unspecified atom stereocenters. The zero-order valence-corrected chi connectivity index (χ0v) is 14.0. The second-order valence-electron chi connectivity index (χ2n) is 6.75. The molecule has 2 atom stereocenters. The standard InChI is InChI=1S/C18H21N3O4/c1-18(25)7-8-21(11-13(18)9-12-5-3-2-4-6-12)16(23)14-10-15(22)20-17(24)19-14/h2-6,10,13,25H,7-9,11H2,1H3,(H2,19,20,22,24)/t13-,18+/m0/s1. The van der Waals surface area contributed by atoms with E-state index in [1.807, 2.05) is 35.3 Å². The molecule has 0 aliphatic carbocycles. The Balaban J connectivity index is 1.80. The lowest BCUT2D eigenvalue weighted by molar-refractivity contribution is -0.0508. The molecule has 1 saturated heterocycles. The third-order valence-electron chi connectivity index (χ3n) is 4.81. The van der Waals surface area contributed by atoms with Crippen molar-refractivity contribution >= 4 is 5.91 Å². The molecule has 132 valence electrons. The third-order valence-corrected chi connectivity index (χ3v) is 4.81. The summed E-state index contributed by atoms with van der Waals surface area (Å²) in [6.07, 6.45) is 1.08. The molecule has 7 heteroatoms. The number of aliphatic hydroxyl groups is 1. The van der Waals surface area contributed by atoms with Gasteiger partial charge in [0.25, 0.3) is 11.5 Å². The Hall–Kier alpha value is -2.67. The Bertz CT molecular complexity index is 841. The van der Waals surface area contributed by atoms with Gasteiger partial charge in [-0.05, 0) is 25.3 Å². The normalized spacial score (nSPS) is 23.4. The minimum atomic E-state index is -0.881. The van der Waals surface area contributed by atoms with E-state index in [-0.39, 0.29) is 11.6 Å². The summed E-state index contributed by atoms with van der Waals surface area (Å²) in [5.41, 5.74) is -1.15. The molecular formula is C18H21N3O4. The Labute approximate surface area is 144 Å². The van der Waals surface area contributed by atoms with Gasteiger partial charge in [-0.1, -0.05) is 30.3 Å². The van der Waals surface area contributed by atoms with Gasteiger partial charge < -0.3 is 15.0 Å². The maximum absolute atomic E-state index is 12.6. The molecule has 0 bridgehead atoms. The van der Waals surface area contributed by atoms with Gasteiger partial charge in [0.15, 0.2) is 0 Å². The molecule has 0 saturated carbocycles. The Morgan fingerprint density at radius 1 is 1.28 bits per heavy atom. The van der Waals surface area contributed by atoms with Crippen LogP contribution in [0.4, 0.5) is 0 Å². The molecule has 0 radical (unpaired) electrons. The predicted molar refractivity (Wildman–Crippen MR) is 92.5 cm³/mol. The van der Waals surface area contributed by atoms with Gasteiger partial charge in [0.2, 0.25) is 0 Å². The molecule has 0 spiro atoms. The molecule has 25 heavy (non-hydrogen) atoms. The highest BCUT2D eigenvalue weighted by Gasteiger charge is 2.39. The number of rotatable bonds is 3. The van der Waals surface area contributed by atoms with Crippen molar-refractivity contribution < 1.29 is 9.90 Å². The van der Waals surface area contributed by atoms with Gasteiger partial charge in [0.1, 0.15) is 5.69 Å². The second kappa shape index (κ2) is 6.68. The fourth-order valence-corrected chi connectivity index (χ4v) is 3.24. The SMILES string of the molecule is C[C@@]1(O)CCN(C(=O)c2cc(=O)[nH]c(=O)[nH]2)C[C@@H]1Cc1ccccc1. The summed E-state index contributed by atoms with van der Waals surface area (Å²) in [6.45, 7) is 2.51. The number of nitrogens with zero attached hydrogens (tertiary/aromatic N) is 1. The van der Waals surface area contributed by atoms with E-state index >= 15 is 0 Å². The van der Waals surface area contributed by atoms with Crippen molar-refractivity contribution in [2.24, 2.45) is 5.92 Å². The van der Waals surface area contributed by atoms with Crippen molar-refractivity contribution in [3.05, 3.63) is 68.5 Å². The highest BCUT2D eigenvalue weighted by Crippen LogP contribution is 2.31. The number of amides is 1. The molecular weight excluding hydrogens is 322 g/mol. The highest BCUT2D eigenvalue weighted by atomic mass is 16.3. The van der Waals surface area contributed by atoms with Gasteiger partial charge in [-0.2, -0.15) is 0 Å². The molecule has 3 rings (SSSR count). The zero-order valence-electron chi connectivity index (χ0n) is 14.0. The molecule has 2 aromatic rings. The number of aromatic amines is 2. The number of H-pyrrole nitrogens is 2. The first-order chi connectivity index (χ1) is 11.8. The average Bonchev–Trinajstić information content (AvgIpc) is 2.56. The van der Waals surface area contributed by atoms with Crippen molar-refractivity contribution in [3.8, 4) is 0 Å².